The van der Waals surface area contributed by atoms with Crippen molar-refractivity contribution >= 4 is 33.4 Å². The summed E-state index contributed by atoms with van der Waals surface area (Å²) in [6, 6.07) is 7.99. The smallest absolute Gasteiger partial charge is 0.225 e. The summed E-state index contributed by atoms with van der Waals surface area (Å²) in [7, 11) is 0. The molecule has 1 aromatic carbocycles. The van der Waals surface area contributed by atoms with E-state index in [0.29, 0.717) is 13.1 Å². The Bertz CT molecular complexity index is 735. The van der Waals surface area contributed by atoms with Crippen LogP contribution in [0.25, 0.3) is 10.2 Å². The van der Waals surface area contributed by atoms with Crippen molar-refractivity contribution in [2.75, 3.05) is 13.1 Å². The fraction of sp³-hybridized carbons (Fsp3) is 0.500. The van der Waals surface area contributed by atoms with Crippen LogP contribution in [-0.2, 0) is 16.1 Å². The van der Waals surface area contributed by atoms with E-state index in [1.54, 1.807) is 11.3 Å². The van der Waals surface area contributed by atoms with Gasteiger partial charge in [-0.15, -0.1) is 11.3 Å². The van der Waals surface area contributed by atoms with Crippen molar-refractivity contribution in [2.24, 2.45) is 11.8 Å². The number of fused-ring (bicyclic) bond motifs is 1. The third kappa shape index (κ3) is 3.29. The van der Waals surface area contributed by atoms with Gasteiger partial charge in [0.15, 0.2) is 0 Å². The van der Waals surface area contributed by atoms with Gasteiger partial charge >= 0.3 is 0 Å². The number of benzene rings is 1. The molecule has 0 bridgehead atoms. The standard InChI is InChI=1S/C18H21N3O2S/c22-17(13-4-3-9-21(11-13)18(23)12-7-8-12)19-10-16-20-14-5-1-2-6-15(14)24-16/h1-2,5-6,12-13H,3-4,7-11H2,(H,19,22)/t13-/m1/s1. The Morgan fingerprint density at radius 2 is 2.04 bits per heavy atom. The molecule has 24 heavy (non-hydrogen) atoms. The molecule has 1 aliphatic heterocycles. The van der Waals surface area contributed by atoms with Gasteiger partial charge in [0, 0.05) is 19.0 Å². The minimum Gasteiger partial charge on any atom is -0.349 e. The fourth-order valence-corrected chi connectivity index (χ4v) is 4.19. The lowest BCUT2D eigenvalue weighted by molar-refractivity contribution is -0.136. The monoisotopic (exact) mass is 343 g/mol. The van der Waals surface area contributed by atoms with Crippen molar-refractivity contribution in [2.45, 2.75) is 32.2 Å². The van der Waals surface area contributed by atoms with Crippen LogP contribution in [0.5, 0.6) is 0 Å². The lowest BCUT2D eigenvalue weighted by Gasteiger charge is -2.32. The summed E-state index contributed by atoms with van der Waals surface area (Å²) in [5.74, 6) is 0.437. The number of rotatable bonds is 4. The molecule has 2 heterocycles. The maximum Gasteiger partial charge on any atom is 0.225 e. The zero-order valence-corrected chi connectivity index (χ0v) is 14.3. The van der Waals surface area contributed by atoms with Crippen molar-refractivity contribution in [3.63, 3.8) is 0 Å². The first-order valence-corrected chi connectivity index (χ1v) is 9.43. The topological polar surface area (TPSA) is 62.3 Å². The van der Waals surface area contributed by atoms with Crippen molar-refractivity contribution in [3.05, 3.63) is 29.3 Å². The summed E-state index contributed by atoms with van der Waals surface area (Å²) < 4.78 is 1.14. The van der Waals surface area contributed by atoms with Crippen molar-refractivity contribution < 1.29 is 9.59 Å². The highest BCUT2D eigenvalue weighted by atomic mass is 32.1. The van der Waals surface area contributed by atoms with E-state index >= 15 is 0 Å². The Hall–Kier alpha value is -1.95. The number of thiazole rings is 1. The van der Waals surface area contributed by atoms with Crippen molar-refractivity contribution in [1.29, 1.82) is 0 Å². The Morgan fingerprint density at radius 3 is 2.83 bits per heavy atom. The molecule has 2 aromatic rings. The summed E-state index contributed by atoms with van der Waals surface area (Å²) in [5, 5.41) is 3.93. The molecule has 2 fully saturated rings. The molecule has 4 rings (SSSR count). The molecule has 0 spiro atoms. The normalized spacial score (nSPS) is 21.0. The van der Waals surface area contributed by atoms with Crippen LogP contribution < -0.4 is 5.32 Å². The summed E-state index contributed by atoms with van der Waals surface area (Å²) in [4.78, 5) is 31.1. The van der Waals surface area contributed by atoms with E-state index in [4.69, 9.17) is 0 Å². The number of amides is 2. The second kappa shape index (κ2) is 6.51. The number of aromatic nitrogens is 1. The molecule has 5 nitrogen and oxygen atoms in total. The second-order valence-electron chi connectivity index (χ2n) is 6.69. The van der Waals surface area contributed by atoms with Crippen LogP contribution in [0.15, 0.2) is 24.3 Å². The molecule has 2 amide bonds. The molecule has 1 saturated heterocycles. The van der Waals surface area contributed by atoms with Crippen LogP contribution >= 0.6 is 11.3 Å². The van der Waals surface area contributed by atoms with Crippen LogP contribution in [0.1, 0.15) is 30.7 Å². The summed E-state index contributed by atoms with van der Waals surface area (Å²) >= 11 is 1.61. The fourth-order valence-electron chi connectivity index (χ4n) is 3.28. The predicted octanol–water partition coefficient (Wildman–Crippen LogP) is 2.56. The lowest BCUT2D eigenvalue weighted by atomic mass is 9.96. The highest BCUT2D eigenvalue weighted by molar-refractivity contribution is 7.18. The molecule has 0 unspecified atom stereocenters. The van der Waals surface area contributed by atoms with Crippen LogP contribution in [-0.4, -0.2) is 34.8 Å². The van der Waals surface area contributed by atoms with Crippen LogP contribution in [0.3, 0.4) is 0 Å². The average Bonchev–Trinajstić information content (AvgIpc) is 3.38. The van der Waals surface area contributed by atoms with Crippen LogP contribution in [0.2, 0.25) is 0 Å². The van der Waals surface area contributed by atoms with E-state index in [1.807, 2.05) is 29.2 Å². The van der Waals surface area contributed by atoms with E-state index in [9.17, 15) is 9.59 Å². The molecule has 1 atom stereocenters. The molecule has 6 heteroatoms. The molecule has 0 radical (unpaired) electrons. The first-order chi connectivity index (χ1) is 11.7. The van der Waals surface area contributed by atoms with Gasteiger partial charge < -0.3 is 10.2 Å². The Kier molecular flexibility index (Phi) is 4.22. The number of hydrogen-bond donors (Lipinski definition) is 1. The largest absolute Gasteiger partial charge is 0.349 e. The molecule has 2 aliphatic rings. The van der Waals surface area contributed by atoms with Crippen molar-refractivity contribution in [3.8, 4) is 0 Å². The molecule has 1 N–H and O–H groups in total. The Morgan fingerprint density at radius 1 is 1.21 bits per heavy atom. The van der Waals surface area contributed by atoms with Gasteiger partial charge in [-0.25, -0.2) is 4.98 Å². The molecule has 126 valence electrons. The molecule has 1 saturated carbocycles. The van der Waals surface area contributed by atoms with Gasteiger partial charge in [0.2, 0.25) is 11.8 Å². The SMILES string of the molecule is O=C(NCc1nc2ccccc2s1)[C@@H]1CCCN(C(=O)C2CC2)C1. The number of piperidine rings is 1. The number of nitrogens with zero attached hydrogens (tertiary/aromatic N) is 2. The number of carbonyl (C=O) groups is 2. The first kappa shape index (κ1) is 15.6. The molecular formula is C18H21N3O2S. The van der Waals surface area contributed by atoms with Gasteiger partial charge in [-0.05, 0) is 37.8 Å². The highest BCUT2D eigenvalue weighted by Crippen LogP contribution is 2.32. The number of para-hydroxylation sites is 1. The van der Waals surface area contributed by atoms with E-state index in [1.165, 1.54) is 0 Å². The zero-order valence-electron chi connectivity index (χ0n) is 13.5. The van der Waals surface area contributed by atoms with E-state index in [0.717, 1.165) is 47.5 Å². The lowest BCUT2D eigenvalue weighted by Crippen LogP contribution is -2.45. The average molecular weight is 343 g/mol. The Labute approximate surface area is 145 Å². The van der Waals surface area contributed by atoms with Gasteiger partial charge in [0.05, 0.1) is 22.7 Å². The molecular weight excluding hydrogens is 322 g/mol. The quantitative estimate of drug-likeness (QED) is 0.928. The predicted molar refractivity (Wildman–Crippen MR) is 93.5 cm³/mol. The van der Waals surface area contributed by atoms with Gasteiger partial charge in [-0.1, -0.05) is 12.1 Å². The number of hydrogen-bond acceptors (Lipinski definition) is 4. The third-order valence-corrected chi connectivity index (χ3v) is 5.82. The van der Waals surface area contributed by atoms with E-state index in [-0.39, 0.29) is 23.7 Å². The maximum absolute atomic E-state index is 12.5. The minimum absolute atomic E-state index is 0.0440. The summed E-state index contributed by atoms with van der Waals surface area (Å²) in [5.41, 5.74) is 0.977. The van der Waals surface area contributed by atoms with Gasteiger partial charge in [0.25, 0.3) is 0 Å². The Balaban J connectivity index is 1.34. The van der Waals surface area contributed by atoms with Crippen LogP contribution in [0, 0.1) is 11.8 Å². The number of carbonyl (C=O) groups excluding carboxylic acids is 2. The summed E-state index contributed by atoms with van der Waals surface area (Å²) in [6.07, 6.45) is 3.81. The zero-order chi connectivity index (χ0) is 16.5. The first-order valence-electron chi connectivity index (χ1n) is 8.61. The third-order valence-electron chi connectivity index (χ3n) is 4.78. The van der Waals surface area contributed by atoms with Crippen molar-refractivity contribution in [1.82, 2.24) is 15.2 Å². The second-order valence-corrected chi connectivity index (χ2v) is 7.81. The maximum atomic E-state index is 12.5. The molecule has 1 aromatic heterocycles. The van der Waals surface area contributed by atoms with Gasteiger partial charge in [0.1, 0.15) is 5.01 Å². The van der Waals surface area contributed by atoms with Crippen LogP contribution in [0.4, 0.5) is 0 Å². The van der Waals surface area contributed by atoms with E-state index < -0.39 is 0 Å². The van der Waals surface area contributed by atoms with E-state index in [2.05, 4.69) is 10.3 Å². The summed E-state index contributed by atoms with van der Waals surface area (Å²) in [6.45, 7) is 1.84. The highest BCUT2D eigenvalue weighted by Gasteiger charge is 2.36. The van der Waals surface area contributed by atoms with Gasteiger partial charge in [-0.3, -0.25) is 9.59 Å². The number of nitrogens with one attached hydrogen (secondary N) is 1. The van der Waals surface area contributed by atoms with Gasteiger partial charge in [-0.2, -0.15) is 0 Å². The minimum atomic E-state index is -0.0872. The number of likely N-dealkylation sites (tertiary alicyclic amines) is 1. The molecule has 1 aliphatic carbocycles.